The Hall–Kier alpha value is -1.68. The Morgan fingerprint density at radius 3 is 2.65 bits per heavy atom. The van der Waals surface area contributed by atoms with Crippen LogP contribution >= 0.6 is 0 Å². The number of hydrogen-bond donors (Lipinski definition) is 1. The Balaban J connectivity index is 2.16. The third-order valence-electron chi connectivity index (χ3n) is 2.90. The van der Waals surface area contributed by atoms with E-state index in [2.05, 4.69) is 9.89 Å². The first-order chi connectivity index (χ1) is 8.22. The molecule has 1 aromatic carbocycles. The Bertz CT molecular complexity index is 436. The highest BCUT2D eigenvalue weighted by molar-refractivity contribution is 6.01. The molecule has 1 aromatic rings. The van der Waals surface area contributed by atoms with Crippen molar-refractivity contribution in [3.63, 3.8) is 0 Å². The molecular weight excluding hydrogens is 214 g/mol. The lowest BCUT2D eigenvalue weighted by Crippen LogP contribution is -2.23. The molecule has 1 aliphatic heterocycles. The van der Waals surface area contributed by atoms with E-state index >= 15 is 0 Å². The molecule has 0 aromatic heterocycles. The average Bonchev–Trinajstić information content (AvgIpc) is 2.76. The third kappa shape index (κ3) is 2.53. The zero-order chi connectivity index (χ0) is 12.3. The van der Waals surface area contributed by atoms with Crippen molar-refractivity contribution in [3.8, 4) is 0 Å². The molecular formula is C13H17N3O. The van der Waals surface area contributed by atoms with Crippen LogP contribution < -0.4 is 5.73 Å². The van der Waals surface area contributed by atoms with Gasteiger partial charge in [0.15, 0.2) is 5.78 Å². The van der Waals surface area contributed by atoms with Crippen LogP contribution in [0.3, 0.4) is 0 Å². The van der Waals surface area contributed by atoms with Gasteiger partial charge in [-0.1, -0.05) is 24.3 Å². The van der Waals surface area contributed by atoms with Crippen LogP contribution in [0.5, 0.6) is 0 Å². The van der Waals surface area contributed by atoms with Crippen molar-refractivity contribution in [1.29, 1.82) is 0 Å². The summed E-state index contributed by atoms with van der Waals surface area (Å²) in [6.07, 6.45) is 0.403. The van der Waals surface area contributed by atoms with Crippen LogP contribution in [-0.2, 0) is 0 Å². The smallest absolute Gasteiger partial charge is 0.164 e. The number of amidine groups is 1. The van der Waals surface area contributed by atoms with Gasteiger partial charge in [-0.05, 0) is 6.54 Å². The van der Waals surface area contributed by atoms with Crippen LogP contribution in [0.2, 0.25) is 0 Å². The number of hydrogen-bond acceptors (Lipinski definition) is 4. The molecule has 0 aliphatic carbocycles. The number of carbonyl (C=O) groups excluding carboxylic acids is 1. The fraction of sp³-hybridized carbons (Fsp3) is 0.385. The number of rotatable bonds is 4. The maximum Gasteiger partial charge on any atom is 0.164 e. The largest absolute Gasteiger partial charge is 0.358 e. The molecule has 0 saturated carbocycles. The number of aliphatic imine (C=N–C) groups is 1. The van der Waals surface area contributed by atoms with E-state index in [0.717, 1.165) is 30.1 Å². The Labute approximate surface area is 101 Å². The topological polar surface area (TPSA) is 58.7 Å². The van der Waals surface area contributed by atoms with E-state index in [-0.39, 0.29) is 5.78 Å². The molecule has 0 unspecified atom stereocenters. The summed E-state index contributed by atoms with van der Waals surface area (Å²) in [5.41, 5.74) is 7.15. The highest BCUT2D eigenvalue weighted by Gasteiger charge is 2.14. The molecule has 4 heteroatoms. The molecule has 0 atom stereocenters. The van der Waals surface area contributed by atoms with Gasteiger partial charge in [-0.15, -0.1) is 0 Å². The second-order valence-electron chi connectivity index (χ2n) is 4.17. The minimum atomic E-state index is 0.0979. The SMILES string of the molecule is CN1CCN=C1c1ccc(C(=O)CCN)cc1. The molecule has 0 fully saturated rings. The maximum absolute atomic E-state index is 11.6. The Kier molecular flexibility index (Phi) is 3.54. The van der Waals surface area contributed by atoms with Crippen LogP contribution in [0.1, 0.15) is 22.3 Å². The van der Waals surface area contributed by atoms with E-state index in [9.17, 15) is 4.79 Å². The number of benzene rings is 1. The first-order valence-corrected chi connectivity index (χ1v) is 5.81. The standard InChI is InChI=1S/C13H17N3O/c1-16-9-8-15-13(16)11-4-2-10(3-5-11)12(17)6-7-14/h2-5H,6-9,14H2,1H3. The molecule has 1 aliphatic rings. The zero-order valence-corrected chi connectivity index (χ0v) is 10.0. The molecule has 0 saturated heterocycles. The van der Waals surface area contributed by atoms with Crippen LogP contribution in [0, 0.1) is 0 Å². The minimum Gasteiger partial charge on any atom is -0.358 e. The monoisotopic (exact) mass is 231 g/mol. The summed E-state index contributed by atoms with van der Waals surface area (Å²) in [7, 11) is 2.03. The maximum atomic E-state index is 11.6. The van der Waals surface area contributed by atoms with Crippen LogP contribution in [0.15, 0.2) is 29.3 Å². The van der Waals surface area contributed by atoms with Crippen LogP contribution in [0.4, 0.5) is 0 Å². The van der Waals surface area contributed by atoms with Gasteiger partial charge in [0.25, 0.3) is 0 Å². The van der Waals surface area contributed by atoms with Gasteiger partial charge >= 0.3 is 0 Å². The molecule has 0 bridgehead atoms. The van der Waals surface area contributed by atoms with Gasteiger partial charge in [-0.3, -0.25) is 9.79 Å². The second-order valence-corrected chi connectivity index (χ2v) is 4.17. The van der Waals surface area contributed by atoms with Gasteiger partial charge in [0.05, 0.1) is 6.54 Å². The lowest BCUT2D eigenvalue weighted by molar-refractivity contribution is 0.0985. The van der Waals surface area contributed by atoms with E-state index in [1.165, 1.54) is 0 Å². The predicted molar refractivity (Wildman–Crippen MR) is 68.5 cm³/mol. The van der Waals surface area contributed by atoms with Gasteiger partial charge in [-0.2, -0.15) is 0 Å². The van der Waals surface area contributed by atoms with Crippen LogP contribution in [-0.4, -0.2) is 43.2 Å². The van der Waals surface area contributed by atoms with Gasteiger partial charge in [0, 0.05) is 31.1 Å². The highest BCUT2D eigenvalue weighted by atomic mass is 16.1. The first-order valence-electron chi connectivity index (χ1n) is 5.81. The number of ketones is 1. The quantitative estimate of drug-likeness (QED) is 0.784. The van der Waals surface area contributed by atoms with E-state index in [1.54, 1.807) is 0 Å². The zero-order valence-electron chi connectivity index (χ0n) is 10.0. The lowest BCUT2D eigenvalue weighted by Gasteiger charge is -2.13. The number of nitrogens with two attached hydrogens (primary N) is 1. The molecule has 0 spiro atoms. The molecule has 4 nitrogen and oxygen atoms in total. The number of Topliss-reactive ketones (excluding diaryl/α,β-unsaturated/α-hetero) is 1. The molecule has 1 heterocycles. The van der Waals surface area contributed by atoms with Gasteiger partial charge in [0.2, 0.25) is 0 Å². The molecule has 17 heavy (non-hydrogen) atoms. The highest BCUT2D eigenvalue weighted by Crippen LogP contribution is 2.12. The van der Waals surface area contributed by atoms with Crippen molar-refractivity contribution < 1.29 is 4.79 Å². The van der Waals surface area contributed by atoms with Crippen molar-refractivity contribution in [2.45, 2.75) is 6.42 Å². The molecule has 2 N–H and O–H groups in total. The summed E-state index contributed by atoms with van der Waals surface area (Å²) in [6.45, 7) is 2.21. The summed E-state index contributed by atoms with van der Waals surface area (Å²) >= 11 is 0. The van der Waals surface area contributed by atoms with Crippen molar-refractivity contribution in [1.82, 2.24) is 4.90 Å². The van der Waals surface area contributed by atoms with E-state index < -0.39 is 0 Å². The predicted octanol–water partition coefficient (Wildman–Crippen LogP) is 0.910. The lowest BCUT2D eigenvalue weighted by atomic mass is 10.1. The van der Waals surface area contributed by atoms with E-state index in [0.29, 0.717) is 13.0 Å². The van der Waals surface area contributed by atoms with Gasteiger partial charge < -0.3 is 10.6 Å². The third-order valence-corrected chi connectivity index (χ3v) is 2.90. The first kappa shape index (κ1) is 11.8. The molecule has 90 valence electrons. The summed E-state index contributed by atoms with van der Waals surface area (Å²) in [6, 6.07) is 7.60. The summed E-state index contributed by atoms with van der Waals surface area (Å²) in [4.78, 5) is 18.2. The van der Waals surface area contributed by atoms with Crippen molar-refractivity contribution in [2.24, 2.45) is 10.7 Å². The molecule has 2 rings (SSSR count). The normalized spacial score (nSPS) is 14.9. The second kappa shape index (κ2) is 5.10. The van der Waals surface area contributed by atoms with E-state index in [4.69, 9.17) is 5.73 Å². The Morgan fingerprint density at radius 1 is 1.41 bits per heavy atom. The fourth-order valence-electron chi connectivity index (χ4n) is 1.92. The van der Waals surface area contributed by atoms with Crippen LogP contribution in [0.25, 0.3) is 0 Å². The summed E-state index contributed by atoms with van der Waals surface area (Å²) < 4.78 is 0. The average molecular weight is 231 g/mol. The summed E-state index contributed by atoms with van der Waals surface area (Å²) in [5.74, 6) is 1.10. The Morgan fingerprint density at radius 2 is 2.12 bits per heavy atom. The molecule has 0 radical (unpaired) electrons. The van der Waals surface area contributed by atoms with Gasteiger partial charge in [-0.25, -0.2) is 0 Å². The molecule has 0 amide bonds. The van der Waals surface area contributed by atoms with Crippen molar-refractivity contribution in [3.05, 3.63) is 35.4 Å². The fourth-order valence-corrected chi connectivity index (χ4v) is 1.92. The van der Waals surface area contributed by atoms with Crippen molar-refractivity contribution >= 4 is 11.6 Å². The van der Waals surface area contributed by atoms with Crippen molar-refractivity contribution in [2.75, 3.05) is 26.7 Å². The summed E-state index contributed by atoms with van der Waals surface area (Å²) in [5, 5.41) is 0. The van der Waals surface area contributed by atoms with Gasteiger partial charge in [0.1, 0.15) is 5.84 Å². The number of carbonyl (C=O) groups is 1. The number of likely N-dealkylation sites (N-methyl/N-ethyl adjacent to an activating group) is 1. The number of nitrogens with zero attached hydrogens (tertiary/aromatic N) is 2. The van der Waals surface area contributed by atoms with E-state index in [1.807, 2.05) is 31.3 Å². The minimum absolute atomic E-state index is 0.0979.